The molecule has 2 atom stereocenters. The van der Waals surface area contributed by atoms with Crippen LogP contribution < -0.4 is 5.32 Å². The summed E-state index contributed by atoms with van der Waals surface area (Å²) in [4.78, 5) is 0. The first-order valence-electron chi connectivity index (χ1n) is 5.33. The number of ether oxygens (including phenoxy) is 2. The first-order valence-corrected chi connectivity index (χ1v) is 5.33. The summed E-state index contributed by atoms with van der Waals surface area (Å²) in [5.41, 5.74) is -0.101. The number of hydrogen-bond donors (Lipinski definition) is 1. The summed E-state index contributed by atoms with van der Waals surface area (Å²) in [6, 6.07) is 0.347. The highest BCUT2D eigenvalue weighted by Gasteiger charge is 2.19. The molecule has 0 fully saturated rings. The Labute approximate surface area is 88.2 Å². The topological polar surface area (TPSA) is 30.5 Å². The Kier molecular flexibility index (Phi) is 6.33. The molecule has 0 rings (SSSR count). The van der Waals surface area contributed by atoms with Gasteiger partial charge in [-0.1, -0.05) is 0 Å². The van der Waals surface area contributed by atoms with Crippen molar-refractivity contribution >= 4 is 0 Å². The van der Waals surface area contributed by atoms with Crippen molar-refractivity contribution in [2.24, 2.45) is 0 Å². The van der Waals surface area contributed by atoms with E-state index in [4.69, 9.17) is 9.47 Å². The minimum absolute atomic E-state index is 0.101. The van der Waals surface area contributed by atoms with E-state index in [0.29, 0.717) is 6.04 Å². The molecule has 14 heavy (non-hydrogen) atoms. The second kappa shape index (κ2) is 6.38. The van der Waals surface area contributed by atoms with Crippen molar-refractivity contribution in [2.75, 3.05) is 20.3 Å². The number of nitrogens with one attached hydrogen (secondary N) is 1. The predicted octanol–water partition coefficient (Wildman–Crippen LogP) is 1.81. The lowest BCUT2D eigenvalue weighted by Gasteiger charge is -2.28. The van der Waals surface area contributed by atoms with E-state index in [1.807, 2.05) is 6.92 Å². The highest BCUT2D eigenvalue weighted by atomic mass is 16.5. The van der Waals surface area contributed by atoms with Crippen LogP contribution in [0, 0.1) is 0 Å². The molecule has 0 aliphatic heterocycles. The van der Waals surface area contributed by atoms with E-state index < -0.39 is 0 Å². The molecule has 0 aromatic rings. The van der Waals surface area contributed by atoms with Gasteiger partial charge in [0.1, 0.15) is 0 Å². The molecule has 0 saturated heterocycles. The second-order valence-electron chi connectivity index (χ2n) is 4.30. The lowest BCUT2D eigenvalue weighted by atomic mass is 10.1. The maximum atomic E-state index is 5.59. The Balaban J connectivity index is 3.80. The van der Waals surface area contributed by atoms with Crippen molar-refractivity contribution < 1.29 is 9.47 Å². The summed E-state index contributed by atoms with van der Waals surface area (Å²) in [5.74, 6) is 0. The van der Waals surface area contributed by atoms with Gasteiger partial charge < -0.3 is 14.8 Å². The molecule has 0 amide bonds. The summed E-state index contributed by atoms with van der Waals surface area (Å²) < 4.78 is 10.8. The zero-order chi connectivity index (χ0) is 11.2. The largest absolute Gasteiger partial charge is 0.380 e. The monoisotopic (exact) mass is 203 g/mol. The van der Waals surface area contributed by atoms with Gasteiger partial charge in [-0.2, -0.15) is 0 Å². The molecule has 0 spiro atoms. The fourth-order valence-corrected chi connectivity index (χ4v) is 1.22. The van der Waals surface area contributed by atoms with Gasteiger partial charge >= 0.3 is 0 Å². The Morgan fingerprint density at radius 2 is 1.86 bits per heavy atom. The van der Waals surface area contributed by atoms with Crippen LogP contribution in [0.15, 0.2) is 0 Å². The van der Waals surface area contributed by atoms with Crippen LogP contribution in [0.5, 0.6) is 0 Å². The average Bonchev–Trinajstić information content (AvgIpc) is 2.13. The number of hydrogen-bond acceptors (Lipinski definition) is 3. The Bertz CT molecular complexity index is 148. The van der Waals surface area contributed by atoms with Crippen LogP contribution in [0.4, 0.5) is 0 Å². The average molecular weight is 203 g/mol. The van der Waals surface area contributed by atoms with Crippen LogP contribution >= 0.6 is 0 Å². The second-order valence-corrected chi connectivity index (χ2v) is 4.30. The first-order chi connectivity index (χ1) is 6.43. The zero-order valence-electron chi connectivity index (χ0n) is 10.4. The summed E-state index contributed by atoms with van der Waals surface area (Å²) in [7, 11) is 1.73. The van der Waals surface area contributed by atoms with Crippen LogP contribution in [-0.4, -0.2) is 38.0 Å². The maximum Gasteiger partial charge on any atom is 0.0750 e. The minimum Gasteiger partial charge on any atom is -0.380 e. The van der Waals surface area contributed by atoms with Crippen LogP contribution in [0.2, 0.25) is 0 Å². The third-order valence-electron chi connectivity index (χ3n) is 2.46. The van der Waals surface area contributed by atoms with Gasteiger partial charge in [-0.15, -0.1) is 0 Å². The van der Waals surface area contributed by atoms with E-state index in [1.165, 1.54) is 0 Å². The van der Waals surface area contributed by atoms with Crippen molar-refractivity contribution in [1.82, 2.24) is 5.32 Å². The molecular weight excluding hydrogens is 178 g/mol. The smallest absolute Gasteiger partial charge is 0.0750 e. The summed E-state index contributed by atoms with van der Waals surface area (Å²) in [6.45, 7) is 12.0. The van der Waals surface area contributed by atoms with E-state index in [0.717, 1.165) is 13.2 Å². The van der Waals surface area contributed by atoms with Gasteiger partial charge in [-0.3, -0.25) is 0 Å². The Hall–Kier alpha value is -0.120. The molecule has 0 aromatic heterocycles. The molecule has 3 heteroatoms. The molecule has 0 bridgehead atoms. The fourth-order valence-electron chi connectivity index (χ4n) is 1.22. The summed E-state index contributed by atoms with van der Waals surface area (Å²) >= 11 is 0. The zero-order valence-corrected chi connectivity index (χ0v) is 10.4. The lowest BCUT2D eigenvalue weighted by Crippen LogP contribution is -2.45. The van der Waals surface area contributed by atoms with Crippen molar-refractivity contribution in [3.05, 3.63) is 0 Å². The SMILES string of the molecule is CCOC(C)(C)CNC(C)C(C)OC. The van der Waals surface area contributed by atoms with Gasteiger partial charge in [-0.05, 0) is 34.6 Å². The number of methoxy groups -OCH3 is 1. The highest BCUT2D eigenvalue weighted by molar-refractivity contribution is 4.76. The Morgan fingerprint density at radius 3 is 2.29 bits per heavy atom. The van der Waals surface area contributed by atoms with Crippen molar-refractivity contribution in [1.29, 1.82) is 0 Å². The molecule has 2 unspecified atom stereocenters. The van der Waals surface area contributed by atoms with Gasteiger partial charge in [0.05, 0.1) is 11.7 Å². The van der Waals surface area contributed by atoms with E-state index in [1.54, 1.807) is 7.11 Å². The van der Waals surface area contributed by atoms with Crippen molar-refractivity contribution in [3.8, 4) is 0 Å². The normalized spacial score (nSPS) is 16.7. The van der Waals surface area contributed by atoms with Crippen molar-refractivity contribution in [2.45, 2.75) is 52.4 Å². The quantitative estimate of drug-likeness (QED) is 0.684. The molecule has 0 aliphatic rings. The highest BCUT2D eigenvalue weighted by Crippen LogP contribution is 2.08. The van der Waals surface area contributed by atoms with E-state index >= 15 is 0 Å². The molecule has 0 heterocycles. The third-order valence-corrected chi connectivity index (χ3v) is 2.46. The van der Waals surface area contributed by atoms with Crippen LogP contribution in [0.3, 0.4) is 0 Å². The Morgan fingerprint density at radius 1 is 1.29 bits per heavy atom. The van der Waals surface area contributed by atoms with Gasteiger partial charge in [0.2, 0.25) is 0 Å². The van der Waals surface area contributed by atoms with Gasteiger partial charge in [-0.25, -0.2) is 0 Å². The molecule has 0 aliphatic carbocycles. The van der Waals surface area contributed by atoms with Gasteiger partial charge in [0.15, 0.2) is 0 Å². The van der Waals surface area contributed by atoms with Crippen LogP contribution in [0.1, 0.15) is 34.6 Å². The molecular formula is C11H25NO2. The molecule has 1 N–H and O–H groups in total. The maximum absolute atomic E-state index is 5.59. The fraction of sp³-hybridized carbons (Fsp3) is 1.00. The van der Waals surface area contributed by atoms with E-state index in [9.17, 15) is 0 Å². The lowest BCUT2D eigenvalue weighted by molar-refractivity contribution is -0.0148. The molecule has 3 nitrogen and oxygen atoms in total. The van der Waals surface area contributed by atoms with Crippen LogP contribution in [0.25, 0.3) is 0 Å². The molecule has 0 saturated carbocycles. The van der Waals surface area contributed by atoms with Crippen LogP contribution in [-0.2, 0) is 9.47 Å². The number of rotatable bonds is 7. The summed E-state index contributed by atoms with van der Waals surface area (Å²) in [6.07, 6.45) is 0.229. The van der Waals surface area contributed by atoms with Gasteiger partial charge in [0.25, 0.3) is 0 Å². The minimum atomic E-state index is -0.101. The van der Waals surface area contributed by atoms with Gasteiger partial charge in [0, 0.05) is 26.3 Å². The molecule has 0 aromatic carbocycles. The third kappa shape index (κ3) is 5.58. The van der Waals surface area contributed by atoms with E-state index in [-0.39, 0.29) is 11.7 Å². The van der Waals surface area contributed by atoms with E-state index in [2.05, 4.69) is 33.0 Å². The summed E-state index contributed by atoms with van der Waals surface area (Å²) in [5, 5.41) is 3.41. The molecule has 0 radical (unpaired) electrons. The first kappa shape index (κ1) is 13.9. The standard InChI is InChI=1S/C11H25NO2/c1-7-14-11(4,5)8-12-9(2)10(3)13-6/h9-10,12H,7-8H2,1-6H3. The van der Waals surface area contributed by atoms with Crippen molar-refractivity contribution in [3.63, 3.8) is 0 Å². The predicted molar refractivity (Wildman–Crippen MR) is 59.6 cm³/mol. The molecule has 86 valence electrons.